The van der Waals surface area contributed by atoms with Crippen LogP contribution in [0.5, 0.6) is 0 Å². The van der Waals surface area contributed by atoms with E-state index in [1.54, 1.807) is 11.0 Å². The number of carbonyl (C=O) groups is 1. The number of hydrogen-bond donors (Lipinski definition) is 0. The highest BCUT2D eigenvalue weighted by atomic mass is 16.2. The molecule has 0 unspecified atom stereocenters. The lowest BCUT2D eigenvalue weighted by molar-refractivity contribution is 0.0746. The monoisotopic (exact) mass is 348 g/mol. The first-order valence-electron chi connectivity index (χ1n) is 8.65. The first-order chi connectivity index (χ1) is 12.7. The van der Waals surface area contributed by atoms with Crippen LogP contribution >= 0.6 is 0 Å². The molecule has 1 aromatic carbocycles. The third-order valence-electron chi connectivity index (χ3n) is 4.51. The minimum atomic E-state index is 0.0839. The Balaban J connectivity index is 1.44. The molecule has 1 fully saturated rings. The Morgan fingerprint density at radius 3 is 2.38 bits per heavy atom. The van der Waals surface area contributed by atoms with Crippen molar-refractivity contribution in [3.8, 4) is 5.82 Å². The van der Waals surface area contributed by atoms with Crippen LogP contribution in [0, 0.1) is 6.92 Å². The molecule has 1 aliphatic rings. The summed E-state index contributed by atoms with van der Waals surface area (Å²) < 4.78 is 1.75. The van der Waals surface area contributed by atoms with Gasteiger partial charge in [0, 0.05) is 44.0 Å². The van der Waals surface area contributed by atoms with Crippen molar-refractivity contribution in [3.63, 3.8) is 0 Å². The molecule has 1 saturated heterocycles. The third-order valence-corrected chi connectivity index (χ3v) is 4.51. The predicted octanol–water partition coefficient (Wildman–Crippen LogP) is 1.93. The van der Waals surface area contributed by atoms with Gasteiger partial charge in [-0.05, 0) is 25.1 Å². The van der Waals surface area contributed by atoms with Crippen LogP contribution in [0.4, 0.5) is 5.82 Å². The second kappa shape index (κ2) is 6.95. The molecule has 0 aliphatic carbocycles. The first-order valence-corrected chi connectivity index (χ1v) is 8.65. The lowest BCUT2D eigenvalue weighted by atomic mass is 10.2. The molecule has 1 amide bonds. The fourth-order valence-corrected chi connectivity index (χ4v) is 3.08. The van der Waals surface area contributed by atoms with E-state index in [1.807, 2.05) is 60.5 Å². The van der Waals surface area contributed by atoms with Gasteiger partial charge in [-0.15, -0.1) is 0 Å². The largest absolute Gasteiger partial charge is 0.353 e. The van der Waals surface area contributed by atoms with Gasteiger partial charge in [0.25, 0.3) is 5.91 Å². The minimum absolute atomic E-state index is 0.0839. The fourth-order valence-electron chi connectivity index (χ4n) is 3.08. The molecule has 0 saturated carbocycles. The van der Waals surface area contributed by atoms with Gasteiger partial charge in [-0.1, -0.05) is 18.2 Å². The lowest BCUT2D eigenvalue weighted by Gasteiger charge is -2.35. The summed E-state index contributed by atoms with van der Waals surface area (Å²) in [7, 11) is 0. The van der Waals surface area contributed by atoms with Crippen molar-refractivity contribution in [1.29, 1.82) is 0 Å². The van der Waals surface area contributed by atoms with Gasteiger partial charge in [0.1, 0.15) is 12.1 Å². The lowest BCUT2D eigenvalue weighted by Crippen LogP contribution is -2.49. The Morgan fingerprint density at radius 2 is 1.69 bits per heavy atom. The fraction of sp³-hybridized carbons (Fsp3) is 0.263. The Labute approximate surface area is 151 Å². The molecule has 132 valence electrons. The van der Waals surface area contributed by atoms with Gasteiger partial charge in [-0.2, -0.15) is 5.10 Å². The Bertz CT molecular complexity index is 899. The zero-order valence-electron chi connectivity index (χ0n) is 14.6. The second-order valence-corrected chi connectivity index (χ2v) is 6.28. The highest BCUT2D eigenvalue weighted by Gasteiger charge is 2.23. The standard InChI is InChI=1S/C19H20N6O/c1-15-7-8-25(22-15)18-13-17(20-14-21-18)23-9-11-24(12-10-23)19(26)16-5-3-2-4-6-16/h2-8,13-14H,9-12H2,1H3. The molecule has 3 heterocycles. The van der Waals surface area contributed by atoms with Crippen LogP contribution in [-0.4, -0.2) is 56.7 Å². The van der Waals surface area contributed by atoms with Crippen LogP contribution in [0.2, 0.25) is 0 Å². The van der Waals surface area contributed by atoms with Crippen molar-refractivity contribution in [2.24, 2.45) is 0 Å². The van der Waals surface area contributed by atoms with Crippen molar-refractivity contribution in [2.75, 3.05) is 31.1 Å². The molecule has 7 heteroatoms. The molecule has 0 atom stereocenters. The molecular weight excluding hydrogens is 328 g/mol. The van der Waals surface area contributed by atoms with Crippen LogP contribution < -0.4 is 4.90 Å². The normalized spacial score (nSPS) is 14.5. The number of aryl methyl sites for hydroxylation is 1. The highest BCUT2D eigenvalue weighted by Crippen LogP contribution is 2.17. The topological polar surface area (TPSA) is 67.2 Å². The summed E-state index contributed by atoms with van der Waals surface area (Å²) in [4.78, 5) is 25.3. The molecule has 2 aromatic heterocycles. The summed E-state index contributed by atoms with van der Waals surface area (Å²) in [6.45, 7) is 4.78. The van der Waals surface area contributed by atoms with Crippen LogP contribution in [0.1, 0.15) is 16.1 Å². The Morgan fingerprint density at radius 1 is 0.962 bits per heavy atom. The number of rotatable bonds is 3. The van der Waals surface area contributed by atoms with Crippen molar-refractivity contribution in [1.82, 2.24) is 24.6 Å². The summed E-state index contributed by atoms with van der Waals surface area (Å²) in [6, 6.07) is 13.3. The summed E-state index contributed by atoms with van der Waals surface area (Å²) in [6.07, 6.45) is 3.45. The molecular formula is C19H20N6O. The summed E-state index contributed by atoms with van der Waals surface area (Å²) in [5.74, 6) is 1.68. The van der Waals surface area contributed by atoms with E-state index in [2.05, 4.69) is 20.0 Å². The van der Waals surface area contributed by atoms with Crippen LogP contribution in [0.3, 0.4) is 0 Å². The van der Waals surface area contributed by atoms with Crippen molar-refractivity contribution in [3.05, 3.63) is 66.2 Å². The number of benzene rings is 1. The Kier molecular flexibility index (Phi) is 4.35. The van der Waals surface area contributed by atoms with E-state index >= 15 is 0 Å². The molecule has 0 N–H and O–H groups in total. The van der Waals surface area contributed by atoms with E-state index in [-0.39, 0.29) is 5.91 Å². The quantitative estimate of drug-likeness (QED) is 0.724. The highest BCUT2D eigenvalue weighted by molar-refractivity contribution is 5.94. The van der Waals surface area contributed by atoms with E-state index in [0.29, 0.717) is 13.1 Å². The number of anilines is 1. The average Bonchev–Trinajstić information content (AvgIpc) is 3.15. The van der Waals surface area contributed by atoms with E-state index in [0.717, 1.165) is 36.0 Å². The van der Waals surface area contributed by atoms with Gasteiger partial charge in [-0.3, -0.25) is 4.79 Å². The number of aromatic nitrogens is 4. The average molecular weight is 348 g/mol. The third kappa shape index (κ3) is 3.28. The summed E-state index contributed by atoms with van der Waals surface area (Å²) in [5.41, 5.74) is 1.68. The molecule has 0 radical (unpaired) electrons. The maximum atomic E-state index is 12.6. The molecule has 0 bridgehead atoms. The van der Waals surface area contributed by atoms with Gasteiger partial charge in [0.2, 0.25) is 0 Å². The molecule has 7 nitrogen and oxygen atoms in total. The minimum Gasteiger partial charge on any atom is -0.353 e. The molecule has 0 spiro atoms. The zero-order valence-corrected chi connectivity index (χ0v) is 14.6. The second-order valence-electron chi connectivity index (χ2n) is 6.28. The van der Waals surface area contributed by atoms with E-state index in [9.17, 15) is 4.79 Å². The van der Waals surface area contributed by atoms with Gasteiger partial charge < -0.3 is 9.80 Å². The Hall–Kier alpha value is -3.22. The number of nitrogens with zero attached hydrogens (tertiary/aromatic N) is 6. The van der Waals surface area contributed by atoms with Crippen molar-refractivity contribution >= 4 is 11.7 Å². The van der Waals surface area contributed by atoms with Crippen LogP contribution in [0.25, 0.3) is 5.82 Å². The molecule has 1 aliphatic heterocycles. The number of piperazine rings is 1. The van der Waals surface area contributed by atoms with Gasteiger partial charge in [0.05, 0.1) is 5.69 Å². The van der Waals surface area contributed by atoms with Gasteiger partial charge in [-0.25, -0.2) is 14.6 Å². The predicted molar refractivity (Wildman–Crippen MR) is 98.4 cm³/mol. The number of carbonyl (C=O) groups excluding carboxylic acids is 1. The smallest absolute Gasteiger partial charge is 0.253 e. The van der Waals surface area contributed by atoms with Crippen molar-refractivity contribution < 1.29 is 4.79 Å². The maximum Gasteiger partial charge on any atom is 0.253 e. The van der Waals surface area contributed by atoms with Crippen LogP contribution in [-0.2, 0) is 0 Å². The van der Waals surface area contributed by atoms with Crippen LogP contribution in [0.15, 0.2) is 55.0 Å². The first kappa shape index (κ1) is 16.3. The molecule has 4 rings (SSSR count). The van der Waals surface area contributed by atoms with Gasteiger partial charge >= 0.3 is 0 Å². The number of hydrogen-bond acceptors (Lipinski definition) is 5. The molecule has 3 aromatic rings. The maximum absolute atomic E-state index is 12.6. The van der Waals surface area contributed by atoms with E-state index in [1.165, 1.54) is 0 Å². The molecule has 26 heavy (non-hydrogen) atoms. The van der Waals surface area contributed by atoms with E-state index in [4.69, 9.17) is 0 Å². The zero-order chi connectivity index (χ0) is 17.9. The number of amides is 1. The summed E-state index contributed by atoms with van der Waals surface area (Å²) in [5, 5.41) is 4.39. The summed E-state index contributed by atoms with van der Waals surface area (Å²) >= 11 is 0. The SMILES string of the molecule is Cc1ccn(-c2cc(N3CCN(C(=O)c4ccccc4)CC3)ncn2)n1. The van der Waals surface area contributed by atoms with E-state index < -0.39 is 0 Å². The van der Waals surface area contributed by atoms with Crippen molar-refractivity contribution in [2.45, 2.75) is 6.92 Å². The van der Waals surface area contributed by atoms with Gasteiger partial charge in [0.15, 0.2) is 5.82 Å².